The van der Waals surface area contributed by atoms with Gasteiger partial charge in [0, 0.05) is 31.4 Å². The molecule has 0 aliphatic rings. The summed E-state index contributed by atoms with van der Waals surface area (Å²) in [5.41, 5.74) is 3.97. The van der Waals surface area contributed by atoms with E-state index in [-0.39, 0.29) is 5.75 Å². The molecule has 0 atom stereocenters. The van der Waals surface area contributed by atoms with E-state index in [1.165, 1.54) is 0 Å². The highest BCUT2D eigenvalue weighted by molar-refractivity contribution is 5.83. The number of hydrogen-bond donors (Lipinski definition) is 1. The molecule has 0 aliphatic heterocycles. The summed E-state index contributed by atoms with van der Waals surface area (Å²) in [6, 6.07) is 11.1. The lowest BCUT2D eigenvalue weighted by molar-refractivity contribution is 0.315. The van der Waals surface area contributed by atoms with Crippen LogP contribution in [0.5, 0.6) is 5.75 Å². The molecule has 0 saturated carbocycles. The van der Waals surface area contributed by atoms with Crippen LogP contribution in [0.1, 0.15) is 0 Å². The van der Waals surface area contributed by atoms with Gasteiger partial charge in [-0.2, -0.15) is 0 Å². The van der Waals surface area contributed by atoms with Crippen LogP contribution in [0.15, 0.2) is 41.0 Å². The molecule has 1 heterocycles. The molecular weight excluding hydrogens is 242 g/mol. The minimum atomic E-state index is 0.238. The van der Waals surface area contributed by atoms with Gasteiger partial charge in [-0.1, -0.05) is 6.07 Å². The monoisotopic (exact) mass is 255 g/mol. The lowest BCUT2D eigenvalue weighted by atomic mass is 10.0. The summed E-state index contributed by atoms with van der Waals surface area (Å²) in [6.45, 7) is 0. The highest BCUT2D eigenvalue weighted by Gasteiger charge is 2.09. The number of anilines is 1. The minimum Gasteiger partial charge on any atom is -0.507 e. The molecule has 3 rings (SSSR count). The lowest BCUT2D eigenvalue weighted by Crippen LogP contribution is -2.08. The maximum atomic E-state index is 10.1. The Balaban J connectivity index is 2.10. The normalized spacial score (nSPS) is 10.8. The summed E-state index contributed by atoms with van der Waals surface area (Å²) >= 11 is 0. The maximum Gasteiger partial charge on any atom is 0.135 e. The predicted molar refractivity (Wildman–Crippen MR) is 73.2 cm³/mol. The van der Waals surface area contributed by atoms with Gasteiger partial charge < -0.3 is 10.0 Å². The van der Waals surface area contributed by atoms with Crippen LogP contribution in [0.4, 0.5) is 5.69 Å². The van der Waals surface area contributed by atoms with E-state index in [2.05, 4.69) is 14.9 Å². The quantitative estimate of drug-likeness (QED) is 0.762. The molecule has 0 saturated heterocycles. The van der Waals surface area contributed by atoms with Gasteiger partial charge in [0.15, 0.2) is 0 Å². The molecule has 0 amide bonds. The Hall–Kier alpha value is -2.56. The van der Waals surface area contributed by atoms with Crippen LogP contribution in [-0.2, 0) is 0 Å². The molecule has 0 radical (unpaired) electrons. The van der Waals surface area contributed by atoms with Gasteiger partial charge >= 0.3 is 0 Å². The fourth-order valence-electron chi connectivity index (χ4n) is 1.99. The van der Waals surface area contributed by atoms with Crippen molar-refractivity contribution in [1.29, 1.82) is 0 Å². The molecule has 5 nitrogen and oxygen atoms in total. The zero-order chi connectivity index (χ0) is 13.4. The molecule has 96 valence electrons. The largest absolute Gasteiger partial charge is 0.507 e. The number of nitrogens with zero attached hydrogens (tertiary/aromatic N) is 3. The molecule has 0 bridgehead atoms. The standard InChI is InChI=1S/C14H13N3O2/c1-17(2)10-4-5-11(14(18)8-10)9-3-6-12-13(7-9)16-19-15-12/h3-8,18H,1-2H3. The molecule has 1 aromatic heterocycles. The van der Waals surface area contributed by atoms with Crippen LogP contribution in [0, 0.1) is 0 Å². The first-order chi connectivity index (χ1) is 9.15. The third-order valence-electron chi connectivity index (χ3n) is 3.06. The van der Waals surface area contributed by atoms with Crippen LogP contribution in [-0.4, -0.2) is 29.5 Å². The number of phenols is 1. The van der Waals surface area contributed by atoms with Gasteiger partial charge in [-0.05, 0) is 40.1 Å². The average molecular weight is 255 g/mol. The van der Waals surface area contributed by atoms with E-state index in [4.69, 9.17) is 0 Å². The fourth-order valence-corrected chi connectivity index (χ4v) is 1.99. The second kappa shape index (κ2) is 4.28. The first-order valence-electron chi connectivity index (χ1n) is 5.88. The van der Waals surface area contributed by atoms with Crippen molar-refractivity contribution in [3.05, 3.63) is 36.4 Å². The Kier molecular flexibility index (Phi) is 2.59. The number of phenolic OH excluding ortho intramolecular Hbond substituents is 1. The number of rotatable bonds is 2. The molecule has 1 N–H and O–H groups in total. The fraction of sp³-hybridized carbons (Fsp3) is 0.143. The molecule has 2 aromatic carbocycles. The van der Waals surface area contributed by atoms with Crippen molar-refractivity contribution in [2.45, 2.75) is 0 Å². The minimum absolute atomic E-state index is 0.238. The molecular formula is C14H13N3O2. The van der Waals surface area contributed by atoms with E-state index in [9.17, 15) is 5.11 Å². The number of fused-ring (bicyclic) bond motifs is 1. The summed E-state index contributed by atoms with van der Waals surface area (Å²) in [4.78, 5) is 1.94. The molecule has 0 aliphatic carbocycles. The molecule has 0 spiro atoms. The van der Waals surface area contributed by atoms with E-state index < -0.39 is 0 Å². The maximum absolute atomic E-state index is 10.1. The lowest BCUT2D eigenvalue weighted by Gasteiger charge is -2.14. The van der Waals surface area contributed by atoms with Crippen molar-refractivity contribution in [2.24, 2.45) is 0 Å². The van der Waals surface area contributed by atoms with Crippen molar-refractivity contribution in [3.63, 3.8) is 0 Å². The van der Waals surface area contributed by atoms with Gasteiger partial charge in [-0.25, -0.2) is 4.63 Å². The highest BCUT2D eigenvalue weighted by Crippen LogP contribution is 2.33. The van der Waals surface area contributed by atoms with Crippen LogP contribution < -0.4 is 4.90 Å². The third-order valence-corrected chi connectivity index (χ3v) is 3.06. The van der Waals surface area contributed by atoms with E-state index >= 15 is 0 Å². The summed E-state index contributed by atoms with van der Waals surface area (Å²) in [5, 5.41) is 17.7. The zero-order valence-electron chi connectivity index (χ0n) is 10.7. The Bertz CT molecular complexity index is 734. The molecule has 19 heavy (non-hydrogen) atoms. The zero-order valence-corrected chi connectivity index (χ0v) is 10.7. The Morgan fingerprint density at radius 2 is 1.79 bits per heavy atom. The van der Waals surface area contributed by atoms with Crippen molar-refractivity contribution < 1.29 is 9.74 Å². The van der Waals surface area contributed by atoms with Crippen molar-refractivity contribution in [3.8, 4) is 16.9 Å². The van der Waals surface area contributed by atoms with Gasteiger partial charge in [0.2, 0.25) is 0 Å². The van der Waals surface area contributed by atoms with Gasteiger partial charge in [0.25, 0.3) is 0 Å². The van der Waals surface area contributed by atoms with E-state index in [1.54, 1.807) is 6.07 Å². The molecule has 0 unspecified atom stereocenters. The van der Waals surface area contributed by atoms with Crippen LogP contribution in [0.2, 0.25) is 0 Å². The number of benzene rings is 2. The first-order valence-corrected chi connectivity index (χ1v) is 5.88. The van der Waals surface area contributed by atoms with Crippen LogP contribution >= 0.6 is 0 Å². The number of aromatic hydroxyl groups is 1. The summed E-state index contributed by atoms with van der Waals surface area (Å²) < 4.78 is 4.67. The van der Waals surface area contributed by atoms with Gasteiger partial charge in [-0.15, -0.1) is 0 Å². The first kappa shape index (κ1) is 11.5. The Morgan fingerprint density at radius 1 is 1.00 bits per heavy atom. The number of aromatic nitrogens is 2. The van der Waals surface area contributed by atoms with Gasteiger partial charge in [0.1, 0.15) is 16.8 Å². The SMILES string of the molecule is CN(C)c1ccc(-c2ccc3nonc3c2)c(O)c1. The second-order valence-electron chi connectivity index (χ2n) is 4.56. The predicted octanol–water partition coefficient (Wildman–Crippen LogP) is 2.66. The third kappa shape index (κ3) is 1.99. The second-order valence-corrected chi connectivity index (χ2v) is 4.56. The van der Waals surface area contributed by atoms with Crippen molar-refractivity contribution in [2.75, 3.05) is 19.0 Å². The van der Waals surface area contributed by atoms with Crippen molar-refractivity contribution in [1.82, 2.24) is 10.3 Å². The van der Waals surface area contributed by atoms with Crippen LogP contribution in [0.25, 0.3) is 22.2 Å². The van der Waals surface area contributed by atoms with Crippen molar-refractivity contribution >= 4 is 16.7 Å². The Labute approximate surface area is 110 Å². The summed E-state index contributed by atoms with van der Waals surface area (Å²) in [7, 11) is 3.86. The van der Waals surface area contributed by atoms with Crippen LogP contribution in [0.3, 0.4) is 0 Å². The average Bonchev–Trinajstić information content (AvgIpc) is 2.85. The van der Waals surface area contributed by atoms with Gasteiger partial charge in [-0.3, -0.25) is 0 Å². The van der Waals surface area contributed by atoms with Gasteiger partial charge in [0.05, 0.1) is 0 Å². The molecule has 5 heteroatoms. The smallest absolute Gasteiger partial charge is 0.135 e. The topological polar surface area (TPSA) is 62.4 Å². The Morgan fingerprint density at radius 3 is 2.53 bits per heavy atom. The highest BCUT2D eigenvalue weighted by atomic mass is 16.6. The van der Waals surface area contributed by atoms with E-state index in [1.807, 2.05) is 49.3 Å². The number of hydrogen-bond acceptors (Lipinski definition) is 5. The van der Waals surface area contributed by atoms with E-state index in [0.717, 1.165) is 16.8 Å². The molecule has 0 fully saturated rings. The molecule has 3 aromatic rings. The summed E-state index contributed by atoms with van der Waals surface area (Å²) in [6.07, 6.45) is 0. The van der Waals surface area contributed by atoms with E-state index in [0.29, 0.717) is 11.0 Å². The summed E-state index contributed by atoms with van der Waals surface area (Å²) in [5.74, 6) is 0.238.